The normalized spacial score (nSPS) is 17.9. The number of carboxylic acid groups (broad SMARTS) is 1. The molecule has 1 N–H and O–H groups in total. The fourth-order valence-electron chi connectivity index (χ4n) is 3.78. The molecule has 154 valence electrons. The fourth-order valence-corrected chi connectivity index (χ4v) is 3.78. The minimum atomic E-state index is -1.34. The van der Waals surface area contributed by atoms with E-state index in [0.717, 1.165) is 17.7 Å². The second kappa shape index (κ2) is 7.72. The van der Waals surface area contributed by atoms with Crippen molar-refractivity contribution in [1.82, 2.24) is 4.90 Å². The molecule has 2 heterocycles. The molecule has 2 aliphatic heterocycles. The van der Waals surface area contributed by atoms with Crippen LogP contribution in [0.2, 0.25) is 0 Å². The molecule has 8 heteroatoms. The first kappa shape index (κ1) is 19.8. The Bertz CT molecular complexity index is 1070. The van der Waals surface area contributed by atoms with Gasteiger partial charge in [-0.05, 0) is 49.6 Å². The molecular weight excluding hydrogens is 388 g/mol. The summed E-state index contributed by atoms with van der Waals surface area (Å²) in [6, 6.07) is 8.78. The van der Waals surface area contributed by atoms with Crippen molar-refractivity contribution in [2.45, 2.75) is 25.9 Å². The first-order valence-corrected chi connectivity index (χ1v) is 9.61. The van der Waals surface area contributed by atoms with Crippen LogP contribution >= 0.6 is 0 Å². The van der Waals surface area contributed by atoms with E-state index in [-0.39, 0.29) is 34.9 Å². The maximum Gasteiger partial charge on any atom is 0.261 e. The first-order chi connectivity index (χ1) is 14.4. The van der Waals surface area contributed by atoms with Crippen molar-refractivity contribution in [3.05, 3.63) is 64.2 Å². The van der Waals surface area contributed by atoms with E-state index in [4.69, 9.17) is 4.74 Å². The second-order valence-corrected chi connectivity index (χ2v) is 7.34. The summed E-state index contributed by atoms with van der Waals surface area (Å²) < 4.78 is 5.52. The van der Waals surface area contributed by atoms with Crippen LogP contribution in [0.1, 0.15) is 59.8 Å². The molecule has 3 amide bonds. The summed E-state index contributed by atoms with van der Waals surface area (Å²) in [5.74, 6) is -2.70. The van der Waals surface area contributed by atoms with Gasteiger partial charge in [-0.15, -0.1) is 0 Å². The van der Waals surface area contributed by atoms with Gasteiger partial charge in [-0.25, -0.2) is 0 Å². The zero-order chi connectivity index (χ0) is 21.4. The predicted molar refractivity (Wildman–Crippen MR) is 104 cm³/mol. The van der Waals surface area contributed by atoms with Crippen molar-refractivity contribution < 1.29 is 29.0 Å². The Kier molecular flexibility index (Phi) is 5.09. The summed E-state index contributed by atoms with van der Waals surface area (Å²) in [6.45, 7) is 2.38. The van der Waals surface area contributed by atoms with E-state index in [2.05, 4.69) is 5.32 Å². The van der Waals surface area contributed by atoms with Gasteiger partial charge in [0.05, 0.1) is 29.7 Å². The van der Waals surface area contributed by atoms with Crippen LogP contribution < -0.4 is 10.4 Å². The zero-order valence-corrected chi connectivity index (χ0v) is 16.3. The van der Waals surface area contributed by atoms with Crippen molar-refractivity contribution in [1.29, 1.82) is 0 Å². The SMILES string of the molecule is Cc1c(NC(=O)c2ccc3c(c2)C(=O)N(C[C@@H]2CCCO2)C3=O)cccc1C(=O)[O-]. The van der Waals surface area contributed by atoms with Crippen molar-refractivity contribution in [3.8, 4) is 0 Å². The maximum absolute atomic E-state index is 12.7. The fraction of sp³-hybridized carbons (Fsp3) is 0.273. The van der Waals surface area contributed by atoms with E-state index in [1.807, 2.05) is 0 Å². The summed E-state index contributed by atoms with van der Waals surface area (Å²) in [6.07, 6.45) is 1.54. The van der Waals surface area contributed by atoms with Crippen LogP contribution in [0, 0.1) is 6.92 Å². The molecule has 2 aromatic rings. The third-order valence-electron chi connectivity index (χ3n) is 5.44. The number of hydrogen-bond donors (Lipinski definition) is 1. The average Bonchev–Trinajstić information content (AvgIpc) is 3.32. The Morgan fingerprint density at radius 1 is 1.17 bits per heavy atom. The number of anilines is 1. The van der Waals surface area contributed by atoms with Gasteiger partial charge in [0.1, 0.15) is 0 Å². The van der Waals surface area contributed by atoms with Gasteiger partial charge in [0, 0.05) is 23.4 Å². The minimum Gasteiger partial charge on any atom is -0.545 e. The molecule has 0 saturated carbocycles. The molecule has 4 rings (SSSR count). The minimum absolute atomic E-state index is 0.0210. The number of amides is 3. The second-order valence-electron chi connectivity index (χ2n) is 7.34. The van der Waals surface area contributed by atoms with E-state index in [9.17, 15) is 24.3 Å². The van der Waals surface area contributed by atoms with E-state index >= 15 is 0 Å². The number of nitrogens with zero attached hydrogens (tertiary/aromatic N) is 1. The van der Waals surface area contributed by atoms with Gasteiger partial charge in [-0.1, -0.05) is 12.1 Å². The van der Waals surface area contributed by atoms with Crippen LogP contribution in [0.5, 0.6) is 0 Å². The number of rotatable bonds is 5. The van der Waals surface area contributed by atoms with E-state index < -0.39 is 23.7 Å². The number of ether oxygens (including phenoxy) is 1. The lowest BCUT2D eigenvalue weighted by molar-refractivity contribution is -0.255. The molecule has 0 unspecified atom stereocenters. The number of benzene rings is 2. The van der Waals surface area contributed by atoms with Crippen molar-refractivity contribution in [2.75, 3.05) is 18.5 Å². The molecule has 8 nitrogen and oxygen atoms in total. The largest absolute Gasteiger partial charge is 0.545 e. The monoisotopic (exact) mass is 407 g/mol. The molecular formula is C22H19N2O6-. The van der Waals surface area contributed by atoms with Gasteiger partial charge < -0.3 is 20.0 Å². The molecule has 30 heavy (non-hydrogen) atoms. The molecule has 2 aromatic carbocycles. The van der Waals surface area contributed by atoms with Gasteiger partial charge >= 0.3 is 0 Å². The highest BCUT2D eigenvalue weighted by Crippen LogP contribution is 2.27. The highest BCUT2D eigenvalue weighted by atomic mass is 16.5. The van der Waals surface area contributed by atoms with Gasteiger partial charge in [-0.3, -0.25) is 19.3 Å². The number of carbonyl (C=O) groups is 4. The van der Waals surface area contributed by atoms with Gasteiger partial charge in [0.15, 0.2) is 0 Å². The van der Waals surface area contributed by atoms with Crippen molar-refractivity contribution in [2.24, 2.45) is 0 Å². The Balaban J connectivity index is 1.55. The topological polar surface area (TPSA) is 116 Å². The number of carboxylic acids is 1. The molecule has 0 aromatic heterocycles. The van der Waals surface area contributed by atoms with Crippen LogP contribution in [-0.2, 0) is 4.74 Å². The van der Waals surface area contributed by atoms with E-state index in [0.29, 0.717) is 17.9 Å². The van der Waals surface area contributed by atoms with Gasteiger partial charge in [0.2, 0.25) is 0 Å². The van der Waals surface area contributed by atoms with Crippen LogP contribution in [0.15, 0.2) is 36.4 Å². The highest BCUT2D eigenvalue weighted by molar-refractivity contribution is 6.22. The zero-order valence-electron chi connectivity index (χ0n) is 16.3. The molecule has 0 bridgehead atoms. The molecule has 1 atom stereocenters. The van der Waals surface area contributed by atoms with E-state index in [1.54, 1.807) is 13.0 Å². The van der Waals surface area contributed by atoms with Crippen LogP contribution in [-0.4, -0.2) is 47.8 Å². The number of fused-ring (bicyclic) bond motifs is 1. The maximum atomic E-state index is 12.7. The summed E-state index contributed by atoms with van der Waals surface area (Å²) >= 11 is 0. The molecule has 0 radical (unpaired) electrons. The summed E-state index contributed by atoms with van der Waals surface area (Å²) in [5.41, 5.74) is 1.28. The quantitative estimate of drug-likeness (QED) is 0.749. The number of imide groups is 1. The number of nitrogens with one attached hydrogen (secondary N) is 1. The summed E-state index contributed by atoms with van der Waals surface area (Å²) in [7, 11) is 0. The summed E-state index contributed by atoms with van der Waals surface area (Å²) in [5, 5.41) is 13.8. The Hall–Kier alpha value is -3.52. The van der Waals surface area contributed by atoms with Crippen LogP contribution in [0.25, 0.3) is 0 Å². The lowest BCUT2D eigenvalue weighted by atomic mass is 10.0. The smallest absolute Gasteiger partial charge is 0.261 e. The Morgan fingerprint density at radius 3 is 2.63 bits per heavy atom. The number of hydrogen-bond acceptors (Lipinski definition) is 6. The predicted octanol–water partition coefficient (Wildman–Crippen LogP) is 1.39. The van der Waals surface area contributed by atoms with E-state index in [1.165, 1.54) is 30.3 Å². The Morgan fingerprint density at radius 2 is 1.93 bits per heavy atom. The lowest BCUT2D eigenvalue weighted by Crippen LogP contribution is -2.36. The van der Waals surface area contributed by atoms with Crippen molar-refractivity contribution >= 4 is 29.4 Å². The van der Waals surface area contributed by atoms with Gasteiger partial charge in [0.25, 0.3) is 17.7 Å². The molecule has 0 aliphatic carbocycles. The average molecular weight is 407 g/mol. The van der Waals surface area contributed by atoms with Crippen LogP contribution in [0.4, 0.5) is 5.69 Å². The molecule has 2 aliphatic rings. The molecule has 1 saturated heterocycles. The van der Waals surface area contributed by atoms with Crippen molar-refractivity contribution in [3.63, 3.8) is 0 Å². The molecule has 1 fully saturated rings. The van der Waals surface area contributed by atoms with Crippen LogP contribution in [0.3, 0.4) is 0 Å². The molecule has 0 spiro atoms. The number of carbonyl (C=O) groups excluding carboxylic acids is 4. The third-order valence-corrected chi connectivity index (χ3v) is 5.44. The van der Waals surface area contributed by atoms with Gasteiger partial charge in [-0.2, -0.15) is 0 Å². The lowest BCUT2D eigenvalue weighted by Gasteiger charge is -2.17. The first-order valence-electron chi connectivity index (χ1n) is 9.61. The Labute approximate surface area is 172 Å². The third kappa shape index (κ3) is 3.46. The standard InChI is InChI=1S/C22H20N2O6/c1-12-15(22(28)29)5-2-6-18(12)23-19(25)13-7-8-16-17(10-13)21(27)24(20(16)26)11-14-4-3-9-30-14/h2,5-8,10,14H,3-4,9,11H2,1H3,(H,23,25)(H,28,29)/p-1/t14-/m0/s1. The summed E-state index contributed by atoms with van der Waals surface area (Å²) in [4.78, 5) is 50.4. The highest BCUT2D eigenvalue weighted by Gasteiger charge is 2.38. The number of aromatic carboxylic acids is 1.